The highest BCUT2D eigenvalue weighted by Crippen LogP contribution is 2.28. The lowest BCUT2D eigenvalue weighted by Gasteiger charge is -2.03. The van der Waals surface area contributed by atoms with Gasteiger partial charge in [0.05, 0.1) is 0 Å². The zero-order valence-corrected chi connectivity index (χ0v) is 11.4. The lowest BCUT2D eigenvalue weighted by Crippen LogP contribution is -2.35. The van der Waals surface area contributed by atoms with Crippen LogP contribution in [0.15, 0.2) is 29.0 Å². The molecule has 0 fully saturated rings. The fraction of sp³-hybridized carbons (Fsp3) is 0.250. The average molecular weight is 281 g/mol. The fourth-order valence-corrected chi connectivity index (χ4v) is 3.17. The Bertz CT molecular complexity index is 493. The number of thiophene rings is 2. The van der Waals surface area contributed by atoms with Crippen molar-refractivity contribution in [3.63, 3.8) is 0 Å². The highest BCUT2D eigenvalue weighted by Gasteiger charge is 2.02. The molecule has 0 aliphatic rings. The van der Waals surface area contributed by atoms with Gasteiger partial charge in [-0.2, -0.15) is 0 Å². The Morgan fingerprint density at radius 1 is 1.33 bits per heavy atom. The van der Waals surface area contributed by atoms with E-state index in [9.17, 15) is 4.79 Å². The van der Waals surface area contributed by atoms with Gasteiger partial charge in [0.15, 0.2) is 0 Å². The molecule has 0 bridgehead atoms. The molecule has 0 aliphatic carbocycles. The largest absolute Gasteiger partial charge is 0.352 e. The molecule has 0 aliphatic heterocycles. The molecule has 0 aromatic carbocycles. The Hall–Kier alpha value is -1.37. The molecule has 4 N–H and O–H groups in total. The van der Waals surface area contributed by atoms with Gasteiger partial charge in [0, 0.05) is 35.0 Å². The van der Waals surface area contributed by atoms with Crippen LogP contribution in [0.2, 0.25) is 0 Å². The first-order chi connectivity index (χ1) is 8.75. The van der Waals surface area contributed by atoms with Crippen LogP contribution < -0.4 is 16.4 Å². The summed E-state index contributed by atoms with van der Waals surface area (Å²) in [5.74, 6) is 0. The van der Waals surface area contributed by atoms with E-state index in [1.807, 2.05) is 0 Å². The smallest absolute Gasteiger partial charge is 0.312 e. The minimum Gasteiger partial charge on any atom is -0.352 e. The standard InChI is InChI=1S/C12H15N3OS2/c13-12(16)15-4-3-14-7-10-6-9(8-18-10)11-2-1-5-17-11/h1-2,5-6,8,14H,3-4,7H2,(H3,13,15,16). The Labute approximate surface area is 114 Å². The van der Waals surface area contributed by atoms with Crippen LogP contribution in [0.1, 0.15) is 4.88 Å². The van der Waals surface area contributed by atoms with Gasteiger partial charge in [-0.05, 0) is 22.9 Å². The Kier molecular flexibility index (Phi) is 4.74. The lowest BCUT2D eigenvalue weighted by atomic mass is 10.2. The molecule has 0 saturated carbocycles. The van der Waals surface area contributed by atoms with Crippen LogP contribution in [-0.4, -0.2) is 19.1 Å². The molecule has 2 aromatic rings. The zero-order chi connectivity index (χ0) is 12.8. The van der Waals surface area contributed by atoms with Gasteiger partial charge in [-0.15, -0.1) is 22.7 Å². The molecule has 2 aromatic heterocycles. The summed E-state index contributed by atoms with van der Waals surface area (Å²) < 4.78 is 0. The summed E-state index contributed by atoms with van der Waals surface area (Å²) in [4.78, 5) is 13.0. The second-order valence-electron chi connectivity index (χ2n) is 3.75. The van der Waals surface area contributed by atoms with E-state index in [-0.39, 0.29) is 0 Å². The van der Waals surface area contributed by atoms with Crippen molar-refractivity contribution in [2.45, 2.75) is 6.54 Å². The Morgan fingerprint density at radius 3 is 2.94 bits per heavy atom. The van der Waals surface area contributed by atoms with E-state index in [1.165, 1.54) is 15.3 Å². The molecule has 18 heavy (non-hydrogen) atoms. The Morgan fingerprint density at radius 2 is 2.22 bits per heavy atom. The highest BCUT2D eigenvalue weighted by molar-refractivity contribution is 7.14. The number of nitrogens with two attached hydrogens (primary N) is 1. The third-order valence-corrected chi connectivity index (χ3v) is 4.22. The van der Waals surface area contributed by atoms with Gasteiger partial charge in [0.1, 0.15) is 0 Å². The van der Waals surface area contributed by atoms with Gasteiger partial charge in [-0.25, -0.2) is 4.79 Å². The van der Waals surface area contributed by atoms with Crippen molar-refractivity contribution in [1.82, 2.24) is 10.6 Å². The molecular formula is C12H15N3OS2. The number of nitrogens with one attached hydrogen (secondary N) is 2. The first-order valence-corrected chi connectivity index (χ1v) is 7.37. The fourth-order valence-electron chi connectivity index (χ4n) is 1.53. The summed E-state index contributed by atoms with van der Waals surface area (Å²) in [6, 6.07) is 5.91. The molecule has 0 atom stereocenters. The van der Waals surface area contributed by atoms with Crippen molar-refractivity contribution >= 4 is 28.7 Å². The molecule has 0 radical (unpaired) electrons. The van der Waals surface area contributed by atoms with Crippen LogP contribution in [0.3, 0.4) is 0 Å². The summed E-state index contributed by atoms with van der Waals surface area (Å²) in [7, 11) is 0. The first-order valence-electron chi connectivity index (χ1n) is 5.61. The number of primary amides is 1. The first kappa shape index (κ1) is 13.1. The maximum atomic E-state index is 10.5. The lowest BCUT2D eigenvalue weighted by molar-refractivity contribution is 0.249. The molecule has 6 heteroatoms. The monoisotopic (exact) mass is 281 g/mol. The van der Waals surface area contributed by atoms with E-state index in [0.29, 0.717) is 6.54 Å². The van der Waals surface area contributed by atoms with Crippen molar-refractivity contribution in [1.29, 1.82) is 0 Å². The third kappa shape index (κ3) is 3.83. The maximum Gasteiger partial charge on any atom is 0.312 e. The van der Waals surface area contributed by atoms with Gasteiger partial charge in [-0.3, -0.25) is 0 Å². The van der Waals surface area contributed by atoms with E-state index in [1.54, 1.807) is 22.7 Å². The second kappa shape index (κ2) is 6.53. The van der Waals surface area contributed by atoms with E-state index in [4.69, 9.17) is 5.73 Å². The number of amides is 2. The molecule has 4 nitrogen and oxygen atoms in total. The molecule has 0 spiro atoms. The van der Waals surface area contributed by atoms with Crippen LogP contribution in [0, 0.1) is 0 Å². The predicted octanol–water partition coefficient (Wildman–Crippen LogP) is 2.23. The average Bonchev–Trinajstić information content (AvgIpc) is 2.98. The summed E-state index contributed by atoms with van der Waals surface area (Å²) >= 11 is 3.49. The number of urea groups is 1. The molecule has 2 heterocycles. The van der Waals surface area contributed by atoms with Gasteiger partial charge < -0.3 is 16.4 Å². The van der Waals surface area contributed by atoms with Crippen molar-refractivity contribution in [2.24, 2.45) is 5.73 Å². The molecular weight excluding hydrogens is 266 g/mol. The molecule has 0 saturated heterocycles. The van der Waals surface area contributed by atoms with Crippen LogP contribution in [0.5, 0.6) is 0 Å². The van der Waals surface area contributed by atoms with Gasteiger partial charge in [0.2, 0.25) is 0 Å². The normalized spacial score (nSPS) is 10.4. The predicted molar refractivity (Wildman–Crippen MR) is 76.9 cm³/mol. The second-order valence-corrected chi connectivity index (χ2v) is 5.69. The van der Waals surface area contributed by atoms with Crippen LogP contribution >= 0.6 is 22.7 Å². The minimum atomic E-state index is -0.479. The van der Waals surface area contributed by atoms with E-state index < -0.39 is 6.03 Å². The molecule has 2 amide bonds. The number of hydrogen-bond acceptors (Lipinski definition) is 4. The van der Waals surface area contributed by atoms with Crippen LogP contribution in [-0.2, 0) is 6.54 Å². The van der Waals surface area contributed by atoms with Crippen LogP contribution in [0.25, 0.3) is 10.4 Å². The SMILES string of the molecule is NC(=O)NCCNCc1cc(-c2cccs2)cs1. The van der Waals surface area contributed by atoms with E-state index in [0.717, 1.165) is 13.1 Å². The number of rotatable bonds is 6. The molecule has 0 unspecified atom stereocenters. The quantitative estimate of drug-likeness (QED) is 0.711. The van der Waals surface area contributed by atoms with Crippen molar-refractivity contribution in [2.75, 3.05) is 13.1 Å². The maximum absolute atomic E-state index is 10.5. The molecule has 2 rings (SSSR count). The van der Waals surface area contributed by atoms with Crippen molar-refractivity contribution in [3.8, 4) is 10.4 Å². The van der Waals surface area contributed by atoms with Crippen LogP contribution in [0.4, 0.5) is 4.79 Å². The number of carbonyl (C=O) groups excluding carboxylic acids is 1. The van der Waals surface area contributed by atoms with E-state index in [2.05, 4.69) is 39.6 Å². The van der Waals surface area contributed by atoms with Crippen molar-refractivity contribution < 1.29 is 4.79 Å². The summed E-state index contributed by atoms with van der Waals surface area (Å²) in [6.07, 6.45) is 0. The summed E-state index contributed by atoms with van der Waals surface area (Å²) in [6.45, 7) is 2.09. The molecule has 96 valence electrons. The number of hydrogen-bond donors (Lipinski definition) is 3. The summed E-state index contributed by atoms with van der Waals surface area (Å²) in [5, 5.41) is 10.1. The van der Waals surface area contributed by atoms with Gasteiger partial charge >= 0.3 is 6.03 Å². The van der Waals surface area contributed by atoms with Gasteiger partial charge in [0.25, 0.3) is 0 Å². The van der Waals surface area contributed by atoms with Gasteiger partial charge in [-0.1, -0.05) is 6.07 Å². The minimum absolute atomic E-state index is 0.479. The highest BCUT2D eigenvalue weighted by atomic mass is 32.1. The van der Waals surface area contributed by atoms with Crippen molar-refractivity contribution in [3.05, 3.63) is 33.8 Å². The third-order valence-electron chi connectivity index (χ3n) is 2.36. The summed E-state index contributed by atoms with van der Waals surface area (Å²) in [5.41, 5.74) is 6.25. The zero-order valence-electron chi connectivity index (χ0n) is 9.81. The topological polar surface area (TPSA) is 67.2 Å². The van der Waals surface area contributed by atoms with E-state index >= 15 is 0 Å². The Balaban J connectivity index is 1.76. The number of carbonyl (C=O) groups is 1.